The summed E-state index contributed by atoms with van der Waals surface area (Å²) in [6.45, 7) is 1.98. The Balaban J connectivity index is 1.64. The third kappa shape index (κ3) is 3.74. The number of halogens is 1. The topological polar surface area (TPSA) is 98.3 Å². The molecule has 8 heteroatoms. The Hall–Kier alpha value is -3.52. The van der Waals surface area contributed by atoms with Gasteiger partial charge in [-0.3, -0.25) is 14.9 Å². The van der Waals surface area contributed by atoms with Crippen molar-refractivity contribution in [3.05, 3.63) is 86.4 Å². The summed E-state index contributed by atoms with van der Waals surface area (Å²) in [7, 11) is 0. The molecular weight excluding hydrogens is 438 g/mol. The zero-order chi connectivity index (χ0) is 20.5. The van der Waals surface area contributed by atoms with Crippen LogP contribution in [-0.4, -0.2) is 15.8 Å². The molecule has 29 heavy (non-hydrogen) atoms. The lowest BCUT2D eigenvalue weighted by atomic mass is 10.1. The molecule has 4 aromatic rings. The number of benzene rings is 3. The van der Waals surface area contributed by atoms with Gasteiger partial charge in [0.05, 0.1) is 10.5 Å². The minimum atomic E-state index is -0.544. The maximum atomic E-state index is 12.6. The molecule has 0 aliphatic heterocycles. The highest BCUT2D eigenvalue weighted by Gasteiger charge is 2.17. The summed E-state index contributed by atoms with van der Waals surface area (Å²) in [4.78, 5) is 27.6. The van der Waals surface area contributed by atoms with E-state index in [1.165, 1.54) is 18.2 Å². The predicted octanol–water partition coefficient (Wildman–Crippen LogP) is 5.73. The average molecular weight is 452 g/mol. The van der Waals surface area contributed by atoms with Crippen LogP contribution in [0.3, 0.4) is 0 Å². The van der Waals surface area contributed by atoms with Gasteiger partial charge in [-0.25, -0.2) is 4.98 Å². The standard InChI is InChI=1S/C21H14BrN3O4/c1-12-4-2-3-5-15(12)21-24-18-10-13(6-9-19(18)29-21)23-20(26)16-11-14(25(27)28)7-8-17(16)22/h2-11H,1H3,(H,23,26). The molecule has 1 N–H and O–H groups in total. The number of oxazole rings is 1. The highest BCUT2D eigenvalue weighted by Crippen LogP contribution is 2.29. The minimum absolute atomic E-state index is 0.159. The van der Waals surface area contributed by atoms with E-state index >= 15 is 0 Å². The van der Waals surface area contributed by atoms with E-state index in [-0.39, 0.29) is 11.3 Å². The number of rotatable bonds is 4. The fourth-order valence-corrected chi connectivity index (χ4v) is 3.36. The van der Waals surface area contributed by atoms with E-state index in [1.807, 2.05) is 31.2 Å². The highest BCUT2D eigenvalue weighted by atomic mass is 79.9. The number of anilines is 1. The van der Waals surface area contributed by atoms with E-state index in [4.69, 9.17) is 4.42 Å². The minimum Gasteiger partial charge on any atom is -0.436 e. The fourth-order valence-electron chi connectivity index (χ4n) is 2.93. The number of nitro benzene ring substituents is 1. The van der Waals surface area contributed by atoms with Crippen LogP contribution >= 0.6 is 15.9 Å². The van der Waals surface area contributed by atoms with Crippen molar-refractivity contribution in [2.45, 2.75) is 6.92 Å². The number of non-ortho nitro benzene ring substituents is 1. The molecule has 0 aliphatic carbocycles. The fraction of sp³-hybridized carbons (Fsp3) is 0.0476. The third-order valence-corrected chi connectivity index (χ3v) is 5.12. The van der Waals surface area contributed by atoms with Crippen LogP contribution in [0.25, 0.3) is 22.6 Å². The molecule has 4 rings (SSSR count). The van der Waals surface area contributed by atoms with Crippen LogP contribution in [0.1, 0.15) is 15.9 Å². The first-order chi connectivity index (χ1) is 13.9. The van der Waals surface area contributed by atoms with Crippen LogP contribution in [-0.2, 0) is 0 Å². The molecule has 0 saturated carbocycles. The van der Waals surface area contributed by atoms with Crippen LogP contribution in [0.2, 0.25) is 0 Å². The smallest absolute Gasteiger partial charge is 0.270 e. The average Bonchev–Trinajstić information content (AvgIpc) is 3.11. The first-order valence-corrected chi connectivity index (χ1v) is 9.43. The summed E-state index contributed by atoms with van der Waals surface area (Å²) in [6.07, 6.45) is 0. The van der Waals surface area contributed by atoms with Crippen molar-refractivity contribution in [3.8, 4) is 11.5 Å². The number of nitrogens with one attached hydrogen (secondary N) is 1. The summed E-state index contributed by atoms with van der Waals surface area (Å²) in [6, 6.07) is 16.9. The van der Waals surface area contributed by atoms with Crippen LogP contribution in [0, 0.1) is 17.0 Å². The Labute approximate surface area is 173 Å². The van der Waals surface area contributed by atoms with Crippen molar-refractivity contribution in [3.63, 3.8) is 0 Å². The molecule has 0 radical (unpaired) electrons. The number of carbonyl (C=O) groups is 1. The van der Waals surface area contributed by atoms with Gasteiger partial charge in [0, 0.05) is 27.9 Å². The Morgan fingerprint density at radius 2 is 1.93 bits per heavy atom. The lowest BCUT2D eigenvalue weighted by molar-refractivity contribution is -0.384. The zero-order valence-electron chi connectivity index (χ0n) is 15.2. The Morgan fingerprint density at radius 3 is 2.69 bits per heavy atom. The van der Waals surface area contributed by atoms with Crippen LogP contribution in [0.4, 0.5) is 11.4 Å². The summed E-state index contributed by atoms with van der Waals surface area (Å²) < 4.78 is 6.30. The molecule has 0 aliphatic rings. The predicted molar refractivity (Wildman–Crippen MR) is 113 cm³/mol. The third-order valence-electron chi connectivity index (χ3n) is 4.43. The maximum absolute atomic E-state index is 12.6. The lowest BCUT2D eigenvalue weighted by Crippen LogP contribution is -2.12. The summed E-state index contributed by atoms with van der Waals surface area (Å²) in [5.74, 6) is 0.0329. The van der Waals surface area contributed by atoms with E-state index in [9.17, 15) is 14.9 Å². The first kappa shape index (κ1) is 18.8. The number of nitro groups is 1. The number of amides is 1. The van der Waals surface area contributed by atoms with Crippen LogP contribution in [0.15, 0.2) is 69.6 Å². The molecule has 0 saturated heterocycles. The number of hydrogen-bond donors (Lipinski definition) is 1. The van der Waals surface area contributed by atoms with Gasteiger partial charge in [-0.15, -0.1) is 0 Å². The molecule has 144 valence electrons. The van der Waals surface area contributed by atoms with Crippen molar-refractivity contribution in [2.75, 3.05) is 5.32 Å². The van der Waals surface area contributed by atoms with Crippen molar-refractivity contribution in [1.82, 2.24) is 4.98 Å². The van der Waals surface area contributed by atoms with E-state index in [1.54, 1.807) is 18.2 Å². The summed E-state index contributed by atoms with van der Waals surface area (Å²) in [5, 5.41) is 13.7. The summed E-state index contributed by atoms with van der Waals surface area (Å²) in [5.41, 5.74) is 3.65. The number of aryl methyl sites for hydroxylation is 1. The molecular formula is C21H14BrN3O4. The molecule has 0 atom stereocenters. The van der Waals surface area contributed by atoms with Crippen molar-refractivity contribution in [2.24, 2.45) is 0 Å². The molecule has 1 heterocycles. The second-order valence-electron chi connectivity index (χ2n) is 6.39. The van der Waals surface area contributed by atoms with E-state index in [0.29, 0.717) is 27.2 Å². The van der Waals surface area contributed by atoms with Crippen molar-refractivity contribution >= 4 is 44.3 Å². The monoisotopic (exact) mass is 451 g/mol. The van der Waals surface area contributed by atoms with Gasteiger partial charge in [0.2, 0.25) is 5.89 Å². The number of hydrogen-bond acceptors (Lipinski definition) is 5. The van der Waals surface area contributed by atoms with Crippen LogP contribution < -0.4 is 5.32 Å². The van der Waals surface area contributed by atoms with E-state index in [2.05, 4.69) is 26.2 Å². The second kappa shape index (κ2) is 7.48. The number of fused-ring (bicyclic) bond motifs is 1. The summed E-state index contributed by atoms with van der Waals surface area (Å²) >= 11 is 3.26. The van der Waals surface area contributed by atoms with Gasteiger partial charge in [-0.1, -0.05) is 18.2 Å². The zero-order valence-corrected chi connectivity index (χ0v) is 16.8. The SMILES string of the molecule is Cc1ccccc1-c1nc2cc(NC(=O)c3cc([N+](=O)[O-])ccc3Br)ccc2o1. The quantitative estimate of drug-likeness (QED) is 0.315. The van der Waals surface area contributed by atoms with Crippen molar-refractivity contribution < 1.29 is 14.1 Å². The molecule has 0 fully saturated rings. The van der Waals surface area contributed by atoms with Gasteiger partial charge in [-0.2, -0.15) is 0 Å². The van der Waals surface area contributed by atoms with Gasteiger partial charge in [0.25, 0.3) is 11.6 Å². The largest absolute Gasteiger partial charge is 0.436 e. The van der Waals surface area contributed by atoms with Crippen molar-refractivity contribution in [1.29, 1.82) is 0 Å². The molecule has 0 bridgehead atoms. The second-order valence-corrected chi connectivity index (χ2v) is 7.25. The number of aromatic nitrogens is 1. The Morgan fingerprint density at radius 1 is 1.14 bits per heavy atom. The molecule has 7 nitrogen and oxygen atoms in total. The highest BCUT2D eigenvalue weighted by molar-refractivity contribution is 9.10. The molecule has 1 aromatic heterocycles. The molecule has 0 spiro atoms. The Kier molecular flexibility index (Phi) is 4.85. The van der Waals surface area contributed by atoms with Gasteiger partial charge in [0.1, 0.15) is 5.52 Å². The number of nitrogens with zero attached hydrogens (tertiary/aromatic N) is 2. The molecule has 3 aromatic carbocycles. The first-order valence-electron chi connectivity index (χ1n) is 8.64. The van der Waals surface area contributed by atoms with E-state index in [0.717, 1.165) is 11.1 Å². The van der Waals surface area contributed by atoms with Crippen LogP contribution in [0.5, 0.6) is 0 Å². The van der Waals surface area contributed by atoms with Gasteiger partial charge >= 0.3 is 0 Å². The number of carbonyl (C=O) groups excluding carboxylic acids is 1. The normalized spacial score (nSPS) is 10.8. The Bertz CT molecular complexity index is 1270. The maximum Gasteiger partial charge on any atom is 0.270 e. The van der Waals surface area contributed by atoms with Gasteiger partial charge in [-0.05, 0) is 58.7 Å². The lowest BCUT2D eigenvalue weighted by Gasteiger charge is -2.06. The molecule has 0 unspecified atom stereocenters. The molecule has 1 amide bonds. The van der Waals surface area contributed by atoms with Gasteiger partial charge < -0.3 is 9.73 Å². The van der Waals surface area contributed by atoms with E-state index < -0.39 is 10.8 Å². The van der Waals surface area contributed by atoms with Gasteiger partial charge in [0.15, 0.2) is 5.58 Å².